The standard InChI is InChI=1S/C12H17ClN4/c1-4-12(13)10-6-14-17(7-10)8-11-5-9(2)15-16(11)3/h5-7,12H,4,8H2,1-3H3. The molecular formula is C12H17ClN4. The van der Waals surface area contributed by atoms with E-state index >= 15 is 0 Å². The molecule has 0 spiro atoms. The number of alkyl halides is 1. The van der Waals surface area contributed by atoms with E-state index in [9.17, 15) is 0 Å². The molecule has 92 valence electrons. The molecule has 2 heterocycles. The summed E-state index contributed by atoms with van der Waals surface area (Å²) in [6.07, 6.45) is 4.76. The van der Waals surface area contributed by atoms with Crippen molar-refractivity contribution in [1.82, 2.24) is 19.6 Å². The minimum absolute atomic E-state index is 0.0528. The van der Waals surface area contributed by atoms with E-state index in [1.165, 1.54) is 0 Å². The molecule has 0 radical (unpaired) electrons. The first kappa shape index (κ1) is 12.2. The van der Waals surface area contributed by atoms with Crippen LogP contribution in [0.3, 0.4) is 0 Å². The fourth-order valence-electron chi connectivity index (χ4n) is 1.84. The minimum Gasteiger partial charge on any atom is -0.270 e. The Morgan fingerprint density at radius 1 is 1.47 bits per heavy atom. The van der Waals surface area contributed by atoms with Crippen molar-refractivity contribution in [2.75, 3.05) is 0 Å². The first-order valence-corrected chi connectivity index (χ1v) is 6.19. The molecule has 0 fully saturated rings. The maximum Gasteiger partial charge on any atom is 0.0828 e. The average molecular weight is 253 g/mol. The molecule has 2 aromatic heterocycles. The van der Waals surface area contributed by atoms with Crippen molar-refractivity contribution < 1.29 is 0 Å². The van der Waals surface area contributed by atoms with E-state index in [1.807, 2.05) is 35.7 Å². The number of rotatable bonds is 4. The van der Waals surface area contributed by atoms with Crippen LogP contribution in [-0.2, 0) is 13.6 Å². The monoisotopic (exact) mass is 252 g/mol. The summed E-state index contributed by atoms with van der Waals surface area (Å²) in [5.41, 5.74) is 3.24. The van der Waals surface area contributed by atoms with Crippen molar-refractivity contribution in [3.8, 4) is 0 Å². The fraction of sp³-hybridized carbons (Fsp3) is 0.500. The lowest BCUT2D eigenvalue weighted by Crippen LogP contribution is -2.05. The van der Waals surface area contributed by atoms with Gasteiger partial charge in [0, 0.05) is 18.8 Å². The Kier molecular flexibility index (Phi) is 3.52. The van der Waals surface area contributed by atoms with Crippen molar-refractivity contribution in [2.24, 2.45) is 7.05 Å². The molecule has 0 aliphatic carbocycles. The first-order chi connectivity index (χ1) is 8.10. The third-order valence-electron chi connectivity index (χ3n) is 2.80. The summed E-state index contributed by atoms with van der Waals surface area (Å²) in [6, 6.07) is 2.07. The zero-order valence-electron chi connectivity index (χ0n) is 10.4. The van der Waals surface area contributed by atoms with Gasteiger partial charge in [0.2, 0.25) is 0 Å². The predicted octanol–water partition coefficient (Wildman–Crippen LogP) is 2.66. The summed E-state index contributed by atoms with van der Waals surface area (Å²) in [7, 11) is 1.95. The van der Waals surface area contributed by atoms with E-state index in [-0.39, 0.29) is 5.38 Å². The van der Waals surface area contributed by atoms with Gasteiger partial charge < -0.3 is 0 Å². The molecule has 0 aliphatic rings. The van der Waals surface area contributed by atoms with Gasteiger partial charge in [0.1, 0.15) is 0 Å². The molecule has 0 bridgehead atoms. The summed E-state index contributed by atoms with van der Waals surface area (Å²) in [5.74, 6) is 0. The largest absolute Gasteiger partial charge is 0.270 e. The number of hydrogen-bond acceptors (Lipinski definition) is 2. The molecule has 0 aliphatic heterocycles. The van der Waals surface area contributed by atoms with Crippen LogP contribution in [-0.4, -0.2) is 19.6 Å². The van der Waals surface area contributed by atoms with Gasteiger partial charge in [0.25, 0.3) is 0 Å². The van der Waals surface area contributed by atoms with Crippen LogP contribution in [0.25, 0.3) is 0 Å². The van der Waals surface area contributed by atoms with E-state index in [1.54, 1.807) is 0 Å². The van der Waals surface area contributed by atoms with Crippen molar-refractivity contribution in [3.05, 3.63) is 35.4 Å². The predicted molar refractivity (Wildman–Crippen MR) is 68.2 cm³/mol. The normalized spacial score (nSPS) is 12.9. The van der Waals surface area contributed by atoms with E-state index in [0.717, 1.165) is 29.9 Å². The van der Waals surface area contributed by atoms with Gasteiger partial charge in [-0.3, -0.25) is 9.36 Å². The smallest absolute Gasteiger partial charge is 0.0828 e. The number of halogens is 1. The Morgan fingerprint density at radius 2 is 2.24 bits per heavy atom. The second-order valence-corrected chi connectivity index (χ2v) is 4.77. The number of nitrogens with zero attached hydrogens (tertiary/aromatic N) is 4. The van der Waals surface area contributed by atoms with Crippen LogP contribution in [0.2, 0.25) is 0 Å². The van der Waals surface area contributed by atoms with Crippen molar-refractivity contribution in [2.45, 2.75) is 32.2 Å². The Hall–Kier alpha value is -1.29. The topological polar surface area (TPSA) is 35.6 Å². The molecule has 4 nitrogen and oxygen atoms in total. The molecule has 2 rings (SSSR count). The average Bonchev–Trinajstić information content (AvgIpc) is 2.86. The molecule has 1 unspecified atom stereocenters. The third kappa shape index (κ3) is 2.69. The highest BCUT2D eigenvalue weighted by Gasteiger charge is 2.09. The third-order valence-corrected chi connectivity index (χ3v) is 3.36. The van der Waals surface area contributed by atoms with Gasteiger partial charge in [-0.2, -0.15) is 10.2 Å². The van der Waals surface area contributed by atoms with E-state index < -0.39 is 0 Å². The van der Waals surface area contributed by atoms with Crippen LogP contribution in [0.15, 0.2) is 18.5 Å². The molecular weight excluding hydrogens is 236 g/mol. The molecule has 0 saturated carbocycles. The van der Waals surface area contributed by atoms with Gasteiger partial charge >= 0.3 is 0 Å². The quantitative estimate of drug-likeness (QED) is 0.785. The van der Waals surface area contributed by atoms with Gasteiger partial charge in [0.15, 0.2) is 0 Å². The van der Waals surface area contributed by atoms with Crippen molar-refractivity contribution >= 4 is 11.6 Å². The maximum atomic E-state index is 6.17. The van der Waals surface area contributed by atoms with Crippen LogP contribution < -0.4 is 0 Å². The van der Waals surface area contributed by atoms with Crippen molar-refractivity contribution in [3.63, 3.8) is 0 Å². The molecule has 17 heavy (non-hydrogen) atoms. The molecule has 1 atom stereocenters. The number of hydrogen-bond donors (Lipinski definition) is 0. The molecule has 0 amide bonds. The van der Waals surface area contributed by atoms with E-state index in [2.05, 4.69) is 23.2 Å². The van der Waals surface area contributed by atoms with Crippen LogP contribution in [0, 0.1) is 6.92 Å². The molecule has 0 saturated heterocycles. The summed E-state index contributed by atoms with van der Waals surface area (Å²) in [4.78, 5) is 0. The zero-order valence-corrected chi connectivity index (χ0v) is 11.1. The SMILES string of the molecule is CCC(Cl)c1cnn(Cc2cc(C)nn2C)c1. The van der Waals surface area contributed by atoms with Crippen molar-refractivity contribution in [1.29, 1.82) is 0 Å². The summed E-state index contributed by atoms with van der Waals surface area (Å²) in [6.45, 7) is 4.79. The highest BCUT2D eigenvalue weighted by atomic mass is 35.5. The second kappa shape index (κ2) is 4.92. The van der Waals surface area contributed by atoms with Crippen LogP contribution >= 0.6 is 11.6 Å². The first-order valence-electron chi connectivity index (χ1n) is 5.76. The number of aryl methyl sites for hydroxylation is 2. The minimum atomic E-state index is 0.0528. The van der Waals surface area contributed by atoms with Crippen LogP contribution in [0.5, 0.6) is 0 Å². The van der Waals surface area contributed by atoms with E-state index in [0.29, 0.717) is 0 Å². The Labute approximate surface area is 106 Å². The lowest BCUT2D eigenvalue weighted by atomic mass is 10.2. The van der Waals surface area contributed by atoms with Gasteiger partial charge in [-0.05, 0) is 19.4 Å². The summed E-state index contributed by atoms with van der Waals surface area (Å²) in [5, 5.41) is 8.69. The second-order valence-electron chi connectivity index (χ2n) is 4.25. The van der Waals surface area contributed by atoms with E-state index in [4.69, 9.17) is 11.6 Å². The Bertz CT molecular complexity index is 500. The van der Waals surface area contributed by atoms with Gasteiger partial charge in [-0.1, -0.05) is 6.92 Å². The molecule has 0 N–H and O–H groups in total. The molecule has 2 aromatic rings. The zero-order chi connectivity index (χ0) is 12.4. The molecule has 0 aromatic carbocycles. The lowest BCUT2D eigenvalue weighted by Gasteiger charge is -2.03. The van der Waals surface area contributed by atoms with Gasteiger partial charge in [0.05, 0.1) is 29.5 Å². The summed E-state index contributed by atoms with van der Waals surface area (Å²) >= 11 is 6.17. The molecule has 5 heteroatoms. The van der Waals surface area contributed by atoms with Crippen LogP contribution in [0.1, 0.15) is 35.7 Å². The Morgan fingerprint density at radius 3 is 2.82 bits per heavy atom. The fourth-order valence-corrected chi connectivity index (χ4v) is 1.95. The number of aromatic nitrogens is 4. The highest BCUT2D eigenvalue weighted by molar-refractivity contribution is 6.20. The Balaban J connectivity index is 2.14. The summed E-state index contributed by atoms with van der Waals surface area (Å²) < 4.78 is 3.78. The van der Waals surface area contributed by atoms with Gasteiger partial charge in [-0.15, -0.1) is 11.6 Å². The van der Waals surface area contributed by atoms with Gasteiger partial charge in [-0.25, -0.2) is 0 Å². The van der Waals surface area contributed by atoms with Crippen LogP contribution in [0.4, 0.5) is 0 Å². The maximum absolute atomic E-state index is 6.17. The lowest BCUT2D eigenvalue weighted by molar-refractivity contribution is 0.618. The highest BCUT2D eigenvalue weighted by Crippen LogP contribution is 2.22.